The zero-order valence-electron chi connectivity index (χ0n) is 13.2. The molecule has 0 saturated heterocycles. The van der Waals surface area contributed by atoms with Crippen LogP contribution in [-0.4, -0.2) is 10.5 Å². The first-order valence-corrected chi connectivity index (χ1v) is 8.16. The van der Waals surface area contributed by atoms with Gasteiger partial charge in [-0.15, -0.1) is 0 Å². The van der Waals surface area contributed by atoms with E-state index in [9.17, 15) is 5.21 Å². The first-order valence-electron chi connectivity index (χ1n) is 8.16. The normalized spacial score (nSPS) is 16.1. The summed E-state index contributed by atoms with van der Waals surface area (Å²) in [5.41, 5.74) is 3.61. The lowest BCUT2D eigenvalue weighted by atomic mass is 10.0. The van der Waals surface area contributed by atoms with Gasteiger partial charge in [0.15, 0.2) is 5.70 Å². The van der Waals surface area contributed by atoms with Crippen LogP contribution >= 0.6 is 0 Å². The standard InChI is InChI=1S/C21H21NO/c23-22(20-14-8-3-9-15-20)21(19-12-6-2-7-13-19)17-16-18-10-4-1-5-11-18/h1-2,4-7,10-14,16-17H,3,8-9,15H2/b17-16+,22-21+. The third-order valence-electron chi connectivity index (χ3n) is 4.05. The van der Waals surface area contributed by atoms with Gasteiger partial charge in [-0.2, -0.15) is 4.74 Å². The van der Waals surface area contributed by atoms with Gasteiger partial charge in [0.05, 0.1) is 0 Å². The monoisotopic (exact) mass is 303 g/mol. The number of allylic oxidation sites excluding steroid dienone is 3. The van der Waals surface area contributed by atoms with Gasteiger partial charge in [0.1, 0.15) is 0 Å². The fraction of sp³-hybridized carbons (Fsp3) is 0.190. The summed E-state index contributed by atoms with van der Waals surface area (Å²) >= 11 is 0. The molecule has 0 amide bonds. The lowest BCUT2D eigenvalue weighted by molar-refractivity contribution is -0.404. The molecule has 2 aromatic carbocycles. The van der Waals surface area contributed by atoms with Gasteiger partial charge in [0.25, 0.3) is 0 Å². The van der Waals surface area contributed by atoms with Crippen LogP contribution in [0.1, 0.15) is 36.8 Å². The zero-order valence-corrected chi connectivity index (χ0v) is 13.2. The van der Waals surface area contributed by atoms with E-state index in [2.05, 4.69) is 6.08 Å². The Morgan fingerprint density at radius 1 is 0.913 bits per heavy atom. The molecule has 0 N–H and O–H groups in total. The molecule has 0 fully saturated rings. The summed E-state index contributed by atoms with van der Waals surface area (Å²) in [7, 11) is 0. The summed E-state index contributed by atoms with van der Waals surface area (Å²) in [6.07, 6.45) is 10.1. The Balaban J connectivity index is 2.00. The highest BCUT2D eigenvalue weighted by Gasteiger charge is 2.16. The van der Waals surface area contributed by atoms with Crippen molar-refractivity contribution in [1.29, 1.82) is 0 Å². The predicted molar refractivity (Wildman–Crippen MR) is 96.2 cm³/mol. The van der Waals surface area contributed by atoms with E-state index in [1.54, 1.807) is 0 Å². The molecule has 2 aromatic rings. The van der Waals surface area contributed by atoms with Crippen LogP contribution in [0.15, 0.2) is 78.5 Å². The second-order valence-corrected chi connectivity index (χ2v) is 5.73. The number of hydroxylamine groups is 1. The summed E-state index contributed by atoms with van der Waals surface area (Å²) in [6, 6.07) is 19.9. The van der Waals surface area contributed by atoms with Crippen molar-refractivity contribution in [3.63, 3.8) is 0 Å². The van der Waals surface area contributed by atoms with E-state index in [1.807, 2.05) is 72.8 Å². The average Bonchev–Trinajstić information content (AvgIpc) is 2.64. The van der Waals surface area contributed by atoms with Crippen molar-refractivity contribution >= 4 is 11.8 Å². The van der Waals surface area contributed by atoms with Crippen molar-refractivity contribution in [3.8, 4) is 0 Å². The molecule has 23 heavy (non-hydrogen) atoms. The number of hydrogen-bond donors (Lipinski definition) is 0. The molecular formula is C21H21NO. The van der Waals surface area contributed by atoms with Gasteiger partial charge in [-0.25, -0.2) is 0 Å². The molecule has 3 rings (SSSR count). The van der Waals surface area contributed by atoms with E-state index in [0.717, 1.165) is 40.8 Å². The number of hydrogen-bond acceptors (Lipinski definition) is 1. The third-order valence-corrected chi connectivity index (χ3v) is 4.05. The summed E-state index contributed by atoms with van der Waals surface area (Å²) < 4.78 is 1.11. The second-order valence-electron chi connectivity index (χ2n) is 5.73. The maximum atomic E-state index is 12.9. The Hall–Kier alpha value is -2.61. The van der Waals surface area contributed by atoms with Crippen LogP contribution in [0.3, 0.4) is 0 Å². The molecule has 0 aromatic heterocycles. The van der Waals surface area contributed by atoms with Crippen LogP contribution in [0, 0.1) is 5.21 Å². The largest absolute Gasteiger partial charge is 0.618 e. The van der Waals surface area contributed by atoms with E-state index >= 15 is 0 Å². The first kappa shape index (κ1) is 15.3. The summed E-state index contributed by atoms with van der Waals surface area (Å²) in [5, 5.41) is 12.9. The second kappa shape index (κ2) is 7.59. The molecule has 0 radical (unpaired) electrons. The maximum absolute atomic E-state index is 12.9. The topological polar surface area (TPSA) is 26.1 Å². The molecule has 2 heteroatoms. The van der Waals surface area contributed by atoms with Gasteiger partial charge in [0.2, 0.25) is 5.71 Å². The SMILES string of the molecule is [O-]/[N+](C1=CCCCC1)=C(\C=C\c1ccccc1)c1ccccc1. The van der Waals surface area contributed by atoms with E-state index in [1.165, 1.54) is 6.42 Å². The van der Waals surface area contributed by atoms with Gasteiger partial charge in [-0.3, -0.25) is 0 Å². The highest BCUT2D eigenvalue weighted by molar-refractivity contribution is 6.07. The molecule has 2 nitrogen and oxygen atoms in total. The number of benzene rings is 2. The van der Waals surface area contributed by atoms with E-state index < -0.39 is 0 Å². The van der Waals surface area contributed by atoms with Gasteiger partial charge < -0.3 is 5.21 Å². The highest BCUT2D eigenvalue weighted by Crippen LogP contribution is 2.19. The van der Waals surface area contributed by atoms with E-state index in [0.29, 0.717) is 5.71 Å². The Kier molecular flexibility index (Phi) is 5.05. The smallest absolute Gasteiger partial charge is 0.223 e. The number of nitrogens with zero attached hydrogens (tertiary/aromatic N) is 1. The highest BCUT2D eigenvalue weighted by atomic mass is 16.5. The van der Waals surface area contributed by atoms with Crippen LogP contribution in [0.25, 0.3) is 6.08 Å². The van der Waals surface area contributed by atoms with Crippen molar-refractivity contribution in [2.24, 2.45) is 0 Å². The molecule has 0 unspecified atom stereocenters. The summed E-state index contributed by atoms with van der Waals surface area (Å²) in [6.45, 7) is 0. The van der Waals surface area contributed by atoms with Crippen LogP contribution in [0.5, 0.6) is 0 Å². The zero-order chi connectivity index (χ0) is 15.9. The molecule has 0 heterocycles. The van der Waals surface area contributed by atoms with Crippen LogP contribution < -0.4 is 0 Å². The molecule has 0 bridgehead atoms. The predicted octanol–water partition coefficient (Wildman–Crippen LogP) is 5.16. The first-order chi connectivity index (χ1) is 11.3. The van der Waals surface area contributed by atoms with Crippen molar-refractivity contribution in [1.82, 2.24) is 0 Å². The van der Waals surface area contributed by atoms with Crippen LogP contribution in [0.2, 0.25) is 0 Å². The molecule has 1 aliphatic carbocycles. The van der Waals surface area contributed by atoms with Gasteiger partial charge in [-0.1, -0.05) is 48.5 Å². The minimum atomic E-state index is 0.697. The average molecular weight is 303 g/mol. The minimum Gasteiger partial charge on any atom is -0.618 e. The van der Waals surface area contributed by atoms with Crippen LogP contribution in [-0.2, 0) is 0 Å². The lowest BCUT2D eigenvalue weighted by Gasteiger charge is -2.14. The van der Waals surface area contributed by atoms with E-state index in [4.69, 9.17) is 0 Å². The summed E-state index contributed by atoms with van der Waals surface area (Å²) in [4.78, 5) is 0. The molecule has 116 valence electrons. The van der Waals surface area contributed by atoms with Crippen molar-refractivity contribution in [2.75, 3.05) is 0 Å². The fourth-order valence-electron chi connectivity index (χ4n) is 2.79. The Morgan fingerprint density at radius 2 is 1.61 bits per heavy atom. The molecule has 1 aliphatic rings. The summed E-state index contributed by atoms with van der Waals surface area (Å²) in [5.74, 6) is 0. The minimum absolute atomic E-state index is 0.697. The maximum Gasteiger partial charge on any atom is 0.223 e. The molecular weight excluding hydrogens is 282 g/mol. The lowest BCUT2D eigenvalue weighted by Crippen LogP contribution is -2.16. The quantitative estimate of drug-likeness (QED) is 0.332. The molecule has 0 saturated carbocycles. The van der Waals surface area contributed by atoms with Crippen LogP contribution in [0.4, 0.5) is 0 Å². The molecule has 0 spiro atoms. The third kappa shape index (κ3) is 3.98. The van der Waals surface area contributed by atoms with Gasteiger partial charge in [-0.05, 0) is 49.1 Å². The fourth-order valence-corrected chi connectivity index (χ4v) is 2.79. The Labute approximate surface area is 137 Å². The van der Waals surface area contributed by atoms with Crippen molar-refractivity contribution in [3.05, 3.63) is 94.8 Å². The number of rotatable bonds is 4. The van der Waals surface area contributed by atoms with E-state index in [-0.39, 0.29) is 0 Å². The molecule has 0 aliphatic heterocycles. The van der Waals surface area contributed by atoms with Gasteiger partial charge in [0, 0.05) is 18.1 Å². The van der Waals surface area contributed by atoms with Crippen molar-refractivity contribution < 1.29 is 4.74 Å². The van der Waals surface area contributed by atoms with Gasteiger partial charge >= 0.3 is 0 Å². The molecule has 0 atom stereocenters. The Morgan fingerprint density at radius 3 is 2.26 bits per heavy atom. The van der Waals surface area contributed by atoms with Crippen molar-refractivity contribution in [2.45, 2.75) is 25.7 Å². The Bertz CT molecular complexity index is 727.